The predicted molar refractivity (Wildman–Crippen MR) is 129 cm³/mol. The number of carbonyl (C=O) groups excluding carboxylic acids is 2. The van der Waals surface area contributed by atoms with E-state index >= 15 is 0 Å². The lowest BCUT2D eigenvalue weighted by molar-refractivity contribution is -0.394. The fraction of sp³-hybridized carbons (Fsp3) is 0.0417. The maximum absolute atomic E-state index is 12.8. The molecule has 3 aromatic rings. The second-order valence-corrected chi connectivity index (χ2v) is 8.37. The first-order chi connectivity index (χ1) is 17.3. The topological polar surface area (TPSA) is 157 Å². The van der Waals surface area contributed by atoms with E-state index in [1.54, 1.807) is 36.4 Å². The Kier molecular flexibility index (Phi) is 6.75. The van der Waals surface area contributed by atoms with E-state index in [2.05, 4.69) is 0 Å². The molecule has 0 spiro atoms. The standard InChI is InChI=1S/C24H14N4O7S/c25-13-16-3-1-2-4-17(16)14-26-23(29)22(36-24(26)30)11-15-5-8-19(9-6-15)35-21-10-7-18(27(31)32)12-20(21)28(33)34/h1-12H,14H2/b22-11+. The van der Waals surface area contributed by atoms with Gasteiger partial charge < -0.3 is 4.74 Å². The Morgan fingerprint density at radius 2 is 1.72 bits per heavy atom. The fourth-order valence-electron chi connectivity index (χ4n) is 3.33. The summed E-state index contributed by atoms with van der Waals surface area (Å²) in [6, 6.07) is 18.0. The van der Waals surface area contributed by atoms with Crippen LogP contribution in [0.15, 0.2) is 71.6 Å². The average molecular weight is 502 g/mol. The Morgan fingerprint density at radius 1 is 1.00 bits per heavy atom. The van der Waals surface area contributed by atoms with Crippen LogP contribution in [0.1, 0.15) is 16.7 Å². The summed E-state index contributed by atoms with van der Waals surface area (Å²) in [5.74, 6) is -0.429. The number of nitro benzene ring substituents is 2. The number of carbonyl (C=O) groups is 2. The number of imide groups is 1. The van der Waals surface area contributed by atoms with Crippen molar-refractivity contribution < 1.29 is 24.2 Å². The summed E-state index contributed by atoms with van der Waals surface area (Å²) in [5, 5.41) is 30.9. The largest absolute Gasteiger partial charge is 0.450 e. The molecule has 0 saturated carbocycles. The number of hydrogen-bond donors (Lipinski definition) is 0. The first kappa shape index (κ1) is 24.1. The molecule has 11 nitrogen and oxygen atoms in total. The van der Waals surface area contributed by atoms with Crippen LogP contribution in [0.5, 0.6) is 11.5 Å². The van der Waals surface area contributed by atoms with Crippen LogP contribution in [0.25, 0.3) is 6.08 Å². The van der Waals surface area contributed by atoms with Crippen molar-refractivity contribution in [2.24, 2.45) is 0 Å². The van der Waals surface area contributed by atoms with E-state index in [4.69, 9.17) is 4.74 Å². The van der Waals surface area contributed by atoms with Crippen molar-refractivity contribution in [3.63, 3.8) is 0 Å². The monoisotopic (exact) mass is 502 g/mol. The minimum atomic E-state index is -0.776. The van der Waals surface area contributed by atoms with Crippen LogP contribution < -0.4 is 4.74 Å². The van der Waals surface area contributed by atoms with Gasteiger partial charge in [-0.3, -0.25) is 34.7 Å². The van der Waals surface area contributed by atoms with E-state index in [0.29, 0.717) is 16.7 Å². The van der Waals surface area contributed by atoms with Crippen molar-refractivity contribution in [1.82, 2.24) is 4.90 Å². The molecule has 0 N–H and O–H groups in total. The van der Waals surface area contributed by atoms with Crippen molar-refractivity contribution in [2.45, 2.75) is 6.54 Å². The Morgan fingerprint density at radius 3 is 2.39 bits per heavy atom. The molecule has 1 aliphatic rings. The van der Waals surface area contributed by atoms with Crippen molar-refractivity contribution in [3.8, 4) is 17.6 Å². The molecule has 12 heteroatoms. The number of rotatable bonds is 7. The highest BCUT2D eigenvalue weighted by Crippen LogP contribution is 2.36. The zero-order valence-electron chi connectivity index (χ0n) is 18.2. The van der Waals surface area contributed by atoms with Gasteiger partial charge in [0, 0.05) is 6.07 Å². The molecule has 0 aromatic heterocycles. The van der Waals surface area contributed by atoms with Crippen LogP contribution in [0.3, 0.4) is 0 Å². The molecule has 1 heterocycles. The van der Waals surface area contributed by atoms with Gasteiger partial charge in [-0.15, -0.1) is 0 Å². The van der Waals surface area contributed by atoms with Gasteiger partial charge >= 0.3 is 5.69 Å². The third-order valence-electron chi connectivity index (χ3n) is 5.10. The zero-order chi connectivity index (χ0) is 25.8. The van der Waals surface area contributed by atoms with Gasteiger partial charge in [0.2, 0.25) is 5.75 Å². The third-order valence-corrected chi connectivity index (χ3v) is 6.00. The number of benzene rings is 3. The van der Waals surface area contributed by atoms with Crippen LogP contribution in [0, 0.1) is 31.6 Å². The van der Waals surface area contributed by atoms with Crippen LogP contribution >= 0.6 is 11.8 Å². The first-order valence-electron chi connectivity index (χ1n) is 10.2. The summed E-state index contributed by atoms with van der Waals surface area (Å²) in [6.45, 7) is -0.0213. The minimum Gasteiger partial charge on any atom is -0.450 e. The average Bonchev–Trinajstić information content (AvgIpc) is 3.12. The van der Waals surface area contributed by atoms with E-state index in [-0.39, 0.29) is 22.9 Å². The maximum atomic E-state index is 12.8. The van der Waals surface area contributed by atoms with E-state index in [1.807, 2.05) is 6.07 Å². The van der Waals surface area contributed by atoms with Crippen LogP contribution in [-0.4, -0.2) is 25.9 Å². The van der Waals surface area contributed by atoms with Crippen LogP contribution in [0.4, 0.5) is 16.2 Å². The normalized spacial score (nSPS) is 14.1. The number of thioether (sulfide) groups is 1. The van der Waals surface area contributed by atoms with Gasteiger partial charge in [0.1, 0.15) is 5.75 Å². The second-order valence-electron chi connectivity index (χ2n) is 7.37. The third kappa shape index (κ3) is 5.06. The highest BCUT2D eigenvalue weighted by Gasteiger charge is 2.35. The first-order valence-corrected chi connectivity index (χ1v) is 11.0. The Labute approximate surface area is 207 Å². The lowest BCUT2D eigenvalue weighted by atomic mass is 10.1. The quantitative estimate of drug-likeness (QED) is 0.234. The Balaban J connectivity index is 1.50. The molecule has 0 unspecified atom stereocenters. The summed E-state index contributed by atoms with van der Waals surface area (Å²) in [6.07, 6.45) is 1.53. The fourth-order valence-corrected chi connectivity index (χ4v) is 4.17. The lowest BCUT2D eigenvalue weighted by Crippen LogP contribution is -2.27. The number of ether oxygens (including phenoxy) is 1. The molecular formula is C24H14N4O7S. The van der Waals surface area contributed by atoms with Crippen LogP contribution in [-0.2, 0) is 11.3 Å². The smallest absolute Gasteiger partial charge is 0.318 e. The van der Waals surface area contributed by atoms with Gasteiger partial charge in [0.25, 0.3) is 16.8 Å². The number of nitriles is 1. The highest BCUT2D eigenvalue weighted by molar-refractivity contribution is 8.18. The summed E-state index contributed by atoms with van der Waals surface area (Å²) >= 11 is 0.779. The number of hydrogen-bond acceptors (Lipinski definition) is 9. The van der Waals surface area contributed by atoms with Gasteiger partial charge in [-0.2, -0.15) is 5.26 Å². The molecule has 0 aliphatic carbocycles. The molecule has 1 fully saturated rings. The number of amides is 2. The van der Waals surface area contributed by atoms with Gasteiger partial charge in [-0.05, 0) is 53.2 Å². The molecule has 4 rings (SSSR count). The van der Waals surface area contributed by atoms with Crippen molar-refractivity contribution in [1.29, 1.82) is 5.26 Å². The Bertz CT molecular complexity index is 1480. The molecular weight excluding hydrogens is 488 g/mol. The molecule has 1 aliphatic heterocycles. The van der Waals surface area contributed by atoms with Crippen LogP contribution in [0.2, 0.25) is 0 Å². The molecule has 2 amide bonds. The van der Waals surface area contributed by atoms with Gasteiger partial charge in [-0.25, -0.2) is 0 Å². The number of non-ortho nitro benzene ring substituents is 1. The number of nitro groups is 2. The molecule has 36 heavy (non-hydrogen) atoms. The SMILES string of the molecule is N#Cc1ccccc1CN1C(=O)S/C(=C/c2ccc(Oc3ccc([N+](=O)[O-])cc3[N+](=O)[O-])cc2)C1=O. The molecule has 3 aromatic carbocycles. The summed E-state index contributed by atoms with van der Waals surface area (Å²) < 4.78 is 5.53. The maximum Gasteiger partial charge on any atom is 0.318 e. The second kappa shape index (κ2) is 10.1. The molecule has 178 valence electrons. The van der Waals surface area contributed by atoms with E-state index in [1.165, 1.54) is 18.2 Å². The van der Waals surface area contributed by atoms with E-state index in [9.17, 15) is 35.1 Å². The number of nitrogens with zero attached hydrogens (tertiary/aromatic N) is 4. The molecule has 0 radical (unpaired) electrons. The van der Waals surface area contributed by atoms with E-state index < -0.39 is 32.4 Å². The van der Waals surface area contributed by atoms with Gasteiger partial charge in [0.15, 0.2) is 0 Å². The molecule has 0 bridgehead atoms. The molecule has 1 saturated heterocycles. The lowest BCUT2D eigenvalue weighted by Gasteiger charge is -2.13. The van der Waals surface area contributed by atoms with Crippen molar-refractivity contribution in [3.05, 3.63) is 109 Å². The predicted octanol–water partition coefficient (Wildman–Crippen LogP) is 5.40. The summed E-state index contributed by atoms with van der Waals surface area (Å²) in [5.41, 5.74) is 0.521. The highest BCUT2D eigenvalue weighted by atomic mass is 32.2. The van der Waals surface area contributed by atoms with Crippen molar-refractivity contribution in [2.75, 3.05) is 0 Å². The minimum absolute atomic E-state index is 0.0213. The summed E-state index contributed by atoms with van der Waals surface area (Å²) in [4.78, 5) is 47.2. The zero-order valence-corrected chi connectivity index (χ0v) is 19.0. The molecule has 0 atom stereocenters. The van der Waals surface area contributed by atoms with Gasteiger partial charge in [-0.1, -0.05) is 30.3 Å². The Hall–Kier alpha value is -5.02. The van der Waals surface area contributed by atoms with Gasteiger partial charge in [0.05, 0.1) is 39.0 Å². The summed E-state index contributed by atoms with van der Waals surface area (Å²) in [7, 11) is 0. The van der Waals surface area contributed by atoms with E-state index in [0.717, 1.165) is 34.9 Å². The van der Waals surface area contributed by atoms with Crippen molar-refractivity contribution >= 4 is 40.4 Å².